The number of rotatable bonds is 7. The molecule has 9 nitrogen and oxygen atoms in total. The zero-order valence-corrected chi connectivity index (χ0v) is 20.0. The maximum Gasteiger partial charge on any atom is 0.247 e. The fourth-order valence-electron chi connectivity index (χ4n) is 4.38. The number of hydrogen-bond donors (Lipinski definition) is 1. The van der Waals surface area contributed by atoms with Gasteiger partial charge in [-0.1, -0.05) is 30.3 Å². The number of nitrogens with zero attached hydrogens (tertiary/aromatic N) is 6. The molecule has 0 saturated carbocycles. The third-order valence-electron chi connectivity index (χ3n) is 6.17. The minimum atomic E-state index is 0.517. The first kappa shape index (κ1) is 21.8. The second kappa shape index (κ2) is 9.18. The Morgan fingerprint density at radius 2 is 1.75 bits per heavy atom. The molecule has 0 amide bonds. The Balaban J connectivity index is 1.29. The van der Waals surface area contributed by atoms with Gasteiger partial charge in [0.2, 0.25) is 5.95 Å². The van der Waals surface area contributed by atoms with Gasteiger partial charge in [-0.05, 0) is 35.9 Å². The molecule has 1 N–H and O–H groups in total. The molecule has 6 rings (SSSR count). The maximum absolute atomic E-state index is 5.44. The summed E-state index contributed by atoms with van der Waals surface area (Å²) in [5.41, 5.74) is 4.76. The van der Waals surface area contributed by atoms with Gasteiger partial charge in [0, 0.05) is 22.7 Å². The monoisotopic (exact) mass is 479 g/mol. The van der Waals surface area contributed by atoms with Gasteiger partial charge in [-0.2, -0.15) is 10.1 Å². The molecule has 9 heteroatoms. The highest BCUT2D eigenvalue weighted by Gasteiger charge is 2.22. The topological polar surface area (TPSA) is 91.4 Å². The summed E-state index contributed by atoms with van der Waals surface area (Å²) in [5.74, 6) is 2.61. The van der Waals surface area contributed by atoms with Crippen molar-refractivity contribution in [1.82, 2.24) is 24.5 Å². The highest BCUT2D eigenvalue weighted by Crippen LogP contribution is 2.27. The molecule has 0 atom stereocenters. The van der Waals surface area contributed by atoms with Crippen LogP contribution in [0.2, 0.25) is 0 Å². The molecule has 2 aromatic heterocycles. The lowest BCUT2D eigenvalue weighted by atomic mass is 10.1. The molecule has 180 valence electrons. The van der Waals surface area contributed by atoms with Crippen molar-refractivity contribution in [3.8, 4) is 11.5 Å². The van der Waals surface area contributed by atoms with E-state index in [1.165, 1.54) is 5.56 Å². The van der Waals surface area contributed by atoms with E-state index in [0.29, 0.717) is 42.9 Å². The fraction of sp³-hybridized carbons (Fsp3) is 0.185. The smallest absolute Gasteiger partial charge is 0.247 e. The van der Waals surface area contributed by atoms with Gasteiger partial charge >= 0.3 is 0 Å². The van der Waals surface area contributed by atoms with Crippen LogP contribution in [0.15, 0.2) is 77.9 Å². The van der Waals surface area contributed by atoms with Crippen LogP contribution in [0, 0.1) is 0 Å². The van der Waals surface area contributed by atoms with Crippen molar-refractivity contribution in [1.29, 1.82) is 0 Å². The number of benzene rings is 3. The first-order chi connectivity index (χ1) is 17.7. The zero-order valence-electron chi connectivity index (χ0n) is 20.0. The summed E-state index contributed by atoms with van der Waals surface area (Å²) in [7, 11) is 3.27. The van der Waals surface area contributed by atoms with Gasteiger partial charge < -0.3 is 14.8 Å². The second-order valence-electron chi connectivity index (χ2n) is 8.50. The number of aliphatic imine (C=N–C) groups is 1. The van der Waals surface area contributed by atoms with Gasteiger partial charge in [0.05, 0.1) is 45.6 Å². The molecule has 0 spiro atoms. The molecule has 0 unspecified atom stereocenters. The van der Waals surface area contributed by atoms with E-state index in [1.54, 1.807) is 14.2 Å². The van der Waals surface area contributed by atoms with Gasteiger partial charge in [0.15, 0.2) is 5.82 Å². The quantitative estimate of drug-likeness (QED) is 0.375. The van der Waals surface area contributed by atoms with Crippen LogP contribution in [0.5, 0.6) is 11.5 Å². The summed E-state index contributed by atoms with van der Waals surface area (Å²) in [6, 6.07) is 22.1. The maximum atomic E-state index is 5.44. The Hall–Kier alpha value is -4.66. The SMILES string of the molecule is COc1cc(OC)cc(C2=NCCn3nc(Nc4ccc5cnn(Cc6ccccc6)c5c4)nc32)c1. The van der Waals surface area contributed by atoms with E-state index < -0.39 is 0 Å². The van der Waals surface area contributed by atoms with E-state index in [1.807, 2.05) is 58.0 Å². The molecule has 0 fully saturated rings. The highest BCUT2D eigenvalue weighted by molar-refractivity contribution is 6.11. The average Bonchev–Trinajstić information content (AvgIpc) is 3.52. The Morgan fingerprint density at radius 3 is 2.53 bits per heavy atom. The Labute approximate surface area is 208 Å². The molecular weight excluding hydrogens is 454 g/mol. The standard InChI is InChI=1S/C27H25N7O2/c1-35-22-12-20(13-23(15-22)36-2)25-26-31-27(32-33(26)11-10-28-25)30-21-9-8-19-16-29-34(24(19)14-21)17-18-6-4-3-5-7-18/h3-9,12-16H,10-11,17H2,1-2H3,(H,30,32). The van der Waals surface area contributed by atoms with Crippen LogP contribution in [0.1, 0.15) is 17.0 Å². The van der Waals surface area contributed by atoms with Gasteiger partial charge in [-0.15, -0.1) is 5.10 Å². The molecule has 1 aliphatic heterocycles. The van der Waals surface area contributed by atoms with Crippen LogP contribution in [-0.4, -0.2) is 51.0 Å². The van der Waals surface area contributed by atoms with Gasteiger partial charge in [0.25, 0.3) is 0 Å². The molecule has 3 heterocycles. The summed E-state index contributed by atoms with van der Waals surface area (Å²) >= 11 is 0. The van der Waals surface area contributed by atoms with E-state index in [0.717, 1.165) is 27.9 Å². The molecule has 5 aromatic rings. The average molecular weight is 480 g/mol. The van der Waals surface area contributed by atoms with Crippen LogP contribution in [0.3, 0.4) is 0 Å². The molecule has 3 aromatic carbocycles. The lowest BCUT2D eigenvalue weighted by Gasteiger charge is -2.14. The van der Waals surface area contributed by atoms with Crippen LogP contribution in [0.25, 0.3) is 10.9 Å². The minimum Gasteiger partial charge on any atom is -0.497 e. The minimum absolute atomic E-state index is 0.517. The van der Waals surface area contributed by atoms with Crippen LogP contribution >= 0.6 is 0 Å². The molecule has 0 aliphatic carbocycles. The van der Waals surface area contributed by atoms with Crippen LogP contribution in [0.4, 0.5) is 11.6 Å². The molecule has 1 aliphatic rings. The van der Waals surface area contributed by atoms with Crippen molar-refractivity contribution in [3.63, 3.8) is 0 Å². The van der Waals surface area contributed by atoms with E-state index >= 15 is 0 Å². The summed E-state index contributed by atoms with van der Waals surface area (Å²) in [4.78, 5) is 9.52. The number of ether oxygens (including phenoxy) is 2. The first-order valence-corrected chi connectivity index (χ1v) is 11.7. The Morgan fingerprint density at radius 1 is 0.944 bits per heavy atom. The summed E-state index contributed by atoms with van der Waals surface area (Å²) in [6.45, 7) is 1.99. The van der Waals surface area contributed by atoms with Gasteiger partial charge in [-0.25, -0.2) is 4.68 Å². The predicted octanol–water partition coefficient (Wildman–Crippen LogP) is 4.29. The number of methoxy groups -OCH3 is 2. The molecule has 0 saturated heterocycles. The van der Waals surface area contributed by atoms with Crippen LogP contribution < -0.4 is 14.8 Å². The Kier molecular flexibility index (Phi) is 5.57. The van der Waals surface area contributed by atoms with Crippen molar-refractivity contribution in [3.05, 3.63) is 89.9 Å². The van der Waals surface area contributed by atoms with Crippen molar-refractivity contribution in [2.45, 2.75) is 13.1 Å². The second-order valence-corrected chi connectivity index (χ2v) is 8.50. The van der Waals surface area contributed by atoms with Crippen molar-refractivity contribution in [2.75, 3.05) is 26.1 Å². The molecule has 36 heavy (non-hydrogen) atoms. The lowest BCUT2D eigenvalue weighted by Crippen LogP contribution is -2.21. The molecule has 0 radical (unpaired) electrons. The van der Waals surface area contributed by atoms with Crippen molar-refractivity contribution >= 4 is 28.3 Å². The summed E-state index contributed by atoms with van der Waals surface area (Å²) in [6.07, 6.45) is 1.89. The van der Waals surface area contributed by atoms with E-state index in [4.69, 9.17) is 24.5 Å². The van der Waals surface area contributed by atoms with Gasteiger partial charge in [-0.3, -0.25) is 9.67 Å². The lowest BCUT2D eigenvalue weighted by molar-refractivity contribution is 0.394. The van der Waals surface area contributed by atoms with Crippen molar-refractivity contribution < 1.29 is 9.47 Å². The number of hydrogen-bond acceptors (Lipinski definition) is 7. The highest BCUT2D eigenvalue weighted by atomic mass is 16.5. The third-order valence-corrected chi connectivity index (χ3v) is 6.17. The van der Waals surface area contributed by atoms with E-state index in [2.05, 4.69) is 34.7 Å². The molecule has 0 bridgehead atoms. The predicted molar refractivity (Wildman–Crippen MR) is 139 cm³/mol. The van der Waals surface area contributed by atoms with Crippen LogP contribution in [-0.2, 0) is 13.1 Å². The Bertz CT molecular complexity index is 1550. The fourth-order valence-corrected chi connectivity index (χ4v) is 4.38. The van der Waals surface area contributed by atoms with E-state index in [-0.39, 0.29) is 0 Å². The normalized spacial score (nSPS) is 12.8. The number of aromatic nitrogens is 5. The zero-order chi connectivity index (χ0) is 24.5. The number of anilines is 2. The summed E-state index contributed by atoms with van der Waals surface area (Å²) in [5, 5.41) is 13.7. The molecular formula is C27H25N7O2. The van der Waals surface area contributed by atoms with Crippen molar-refractivity contribution in [2.24, 2.45) is 4.99 Å². The number of nitrogens with one attached hydrogen (secondary N) is 1. The number of fused-ring (bicyclic) bond motifs is 2. The third kappa shape index (κ3) is 4.15. The first-order valence-electron chi connectivity index (χ1n) is 11.7. The van der Waals surface area contributed by atoms with Gasteiger partial charge in [0.1, 0.15) is 17.2 Å². The largest absolute Gasteiger partial charge is 0.497 e. The van der Waals surface area contributed by atoms with E-state index in [9.17, 15) is 0 Å². The summed E-state index contributed by atoms with van der Waals surface area (Å²) < 4.78 is 14.8.